The second-order valence-corrected chi connectivity index (χ2v) is 4.67. The quantitative estimate of drug-likeness (QED) is 0.742. The third-order valence-electron chi connectivity index (χ3n) is 2.45. The van der Waals surface area contributed by atoms with E-state index in [0.29, 0.717) is 16.4 Å². The lowest BCUT2D eigenvalue weighted by Crippen LogP contribution is -2.12. The number of rotatable bonds is 2. The lowest BCUT2D eigenvalue weighted by Gasteiger charge is -2.08. The molecule has 0 radical (unpaired) electrons. The summed E-state index contributed by atoms with van der Waals surface area (Å²) in [4.78, 5) is 12.0. The van der Waals surface area contributed by atoms with Gasteiger partial charge in [-0.1, -0.05) is 23.2 Å². The van der Waals surface area contributed by atoms with Crippen LogP contribution in [0, 0.1) is 0 Å². The van der Waals surface area contributed by atoms with E-state index in [0.717, 1.165) is 0 Å². The smallest absolute Gasteiger partial charge is 0.257 e. The first kappa shape index (κ1) is 13.5. The summed E-state index contributed by atoms with van der Waals surface area (Å²) < 4.78 is 0. The Hall–Kier alpha value is -1.91. The van der Waals surface area contributed by atoms with E-state index in [9.17, 15) is 9.90 Å². The Labute approximate surface area is 119 Å². The monoisotopic (exact) mass is 296 g/mol. The Morgan fingerprint density at radius 2 is 1.79 bits per heavy atom. The van der Waals surface area contributed by atoms with Gasteiger partial charge in [-0.2, -0.15) is 0 Å². The third-order valence-corrected chi connectivity index (χ3v) is 3.12. The van der Waals surface area contributed by atoms with Crippen molar-refractivity contribution in [3.05, 3.63) is 52.0 Å². The van der Waals surface area contributed by atoms with Crippen molar-refractivity contribution in [2.75, 3.05) is 11.1 Å². The first-order chi connectivity index (χ1) is 8.97. The second-order valence-electron chi connectivity index (χ2n) is 3.85. The Kier molecular flexibility index (Phi) is 3.83. The van der Waals surface area contributed by atoms with Gasteiger partial charge in [0.15, 0.2) is 0 Å². The molecule has 2 aromatic carbocycles. The molecule has 4 N–H and O–H groups in total. The van der Waals surface area contributed by atoms with Gasteiger partial charge in [-0.15, -0.1) is 0 Å². The van der Waals surface area contributed by atoms with Crippen LogP contribution < -0.4 is 11.1 Å². The van der Waals surface area contributed by atoms with Crippen LogP contribution in [-0.2, 0) is 0 Å². The number of nitrogen functional groups attached to an aromatic ring is 1. The highest BCUT2D eigenvalue weighted by molar-refractivity contribution is 6.34. The fourth-order valence-corrected chi connectivity index (χ4v) is 1.83. The molecule has 1 amide bonds. The van der Waals surface area contributed by atoms with Gasteiger partial charge in [-0.25, -0.2) is 0 Å². The largest absolute Gasteiger partial charge is 0.508 e. The Morgan fingerprint density at radius 3 is 2.47 bits per heavy atom. The average molecular weight is 297 g/mol. The van der Waals surface area contributed by atoms with Crippen molar-refractivity contribution < 1.29 is 9.90 Å². The van der Waals surface area contributed by atoms with Crippen LogP contribution in [0.5, 0.6) is 5.75 Å². The molecule has 2 rings (SSSR count). The van der Waals surface area contributed by atoms with Crippen molar-refractivity contribution in [3.63, 3.8) is 0 Å². The minimum atomic E-state index is -0.442. The SMILES string of the molecule is Nc1cc(NC(=O)c2cc(O)ccc2Cl)ccc1Cl. The number of halogens is 2. The second kappa shape index (κ2) is 5.38. The molecule has 0 bridgehead atoms. The van der Waals surface area contributed by atoms with Crippen LogP contribution in [0.25, 0.3) is 0 Å². The molecule has 0 unspecified atom stereocenters. The number of carbonyl (C=O) groups is 1. The predicted molar refractivity (Wildman–Crippen MR) is 76.9 cm³/mol. The van der Waals surface area contributed by atoms with Crippen molar-refractivity contribution in [1.29, 1.82) is 0 Å². The third kappa shape index (κ3) is 3.10. The summed E-state index contributed by atoms with van der Waals surface area (Å²) in [5, 5.41) is 12.6. The number of nitrogens with one attached hydrogen (secondary N) is 1. The predicted octanol–water partition coefficient (Wildman–Crippen LogP) is 3.53. The zero-order valence-electron chi connectivity index (χ0n) is 9.65. The van der Waals surface area contributed by atoms with Crippen molar-refractivity contribution >= 4 is 40.5 Å². The zero-order chi connectivity index (χ0) is 14.0. The Balaban J connectivity index is 2.25. The summed E-state index contributed by atoms with van der Waals surface area (Å²) in [7, 11) is 0. The number of benzene rings is 2. The first-order valence-corrected chi connectivity index (χ1v) is 6.08. The van der Waals surface area contributed by atoms with Crippen LogP contribution in [0.2, 0.25) is 10.0 Å². The van der Waals surface area contributed by atoms with Gasteiger partial charge >= 0.3 is 0 Å². The molecule has 19 heavy (non-hydrogen) atoms. The molecule has 0 spiro atoms. The van der Waals surface area contributed by atoms with E-state index in [1.54, 1.807) is 12.1 Å². The molecule has 0 aliphatic heterocycles. The molecule has 0 aliphatic rings. The van der Waals surface area contributed by atoms with Crippen LogP contribution in [0.15, 0.2) is 36.4 Å². The maximum absolute atomic E-state index is 12.0. The first-order valence-electron chi connectivity index (χ1n) is 5.32. The van der Waals surface area contributed by atoms with Crippen LogP contribution in [0.4, 0.5) is 11.4 Å². The summed E-state index contributed by atoms with van der Waals surface area (Å²) in [6.07, 6.45) is 0. The van der Waals surface area contributed by atoms with Gasteiger partial charge in [-0.05, 0) is 36.4 Å². The molecule has 0 atom stereocenters. The van der Waals surface area contributed by atoms with E-state index in [1.165, 1.54) is 24.3 Å². The van der Waals surface area contributed by atoms with Crippen molar-refractivity contribution in [2.45, 2.75) is 0 Å². The molecule has 0 fully saturated rings. The highest BCUT2D eigenvalue weighted by Crippen LogP contribution is 2.25. The number of hydrogen-bond acceptors (Lipinski definition) is 3. The lowest BCUT2D eigenvalue weighted by molar-refractivity contribution is 0.102. The fraction of sp³-hybridized carbons (Fsp3) is 0. The zero-order valence-corrected chi connectivity index (χ0v) is 11.2. The highest BCUT2D eigenvalue weighted by atomic mass is 35.5. The molecule has 0 aliphatic carbocycles. The van der Waals surface area contributed by atoms with Gasteiger partial charge in [0.25, 0.3) is 5.91 Å². The van der Waals surface area contributed by atoms with E-state index < -0.39 is 5.91 Å². The summed E-state index contributed by atoms with van der Waals surface area (Å²) in [5.74, 6) is -0.479. The van der Waals surface area contributed by atoms with E-state index in [2.05, 4.69) is 5.32 Å². The van der Waals surface area contributed by atoms with Crippen molar-refractivity contribution in [1.82, 2.24) is 0 Å². The van der Waals surface area contributed by atoms with Gasteiger partial charge < -0.3 is 16.2 Å². The molecule has 6 heteroatoms. The number of phenolic OH excluding ortho intramolecular Hbond substituents is 1. The lowest BCUT2D eigenvalue weighted by atomic mass is 10.2. The number of anilines is 2. The number of hydrogen-bond donors (Lipinski definition) is 3. The van der Waals surface area contributed by atoms with Crippen LogP contribution in [0.3, 0.4) is 0 Å². The molecule has 0 aromatic heterocycles. The van der Waals surface area contributed by atoms with Gasteiger partial charge in [0.2, 0.25) is 0 Å². The summed E-state index contributed by atoms with van der Waals surface area (Å²) in [6, 6.07) is 8.87. The van der Waals surface area contributed by atoms with E-state index in [1.807, 2.05) is 0 Å². The number of aromatic hydroxyl groups is 1. The maximum atomic E-state index is 12.0. The Morgan fingerprint density at radius 1 is 1.11 bits per heavy atom. The van der Waals surface area contributed by atoms with E-state index in [4.69, 9.17) is 28.9 Å². The van der Waals surface area contributed by atoms with Crippen LogP contribution in [-0.4, -0.2) is 11.0 Å². The number of phenols is 1. The normalized spacial score (nSPS) is 10.2. The Bertz CT molecular complexity index is 645. The molecule has 0 saturated heterocycles. The van der Waals surface area contributed by atoms with Crippen LogP contribution in [0.1, 0.15) is 10.4 Å². The van der Waals surface area contributed by atoms with E-state index >= 15 is 0 Å². The van der Waals surface area contributed by atoms with Gasteiger partial charge in [0.1, 0.15) is 5.75 Å². The number of amides is 1. The average Bonchev–Trinajstić information content (AvgIpc) is 2.36. The topological polar surface area (TPSA) is 75.3 Å². The summed E-state index contributed by atoms with van der Waals surface area (Å²) in [5.41, 5.74) is 6.67. The molecular formula is C13H10Cl2N2O2. The number of nitrogens with two attached hydrogens (primary N) is 1. The van der Waals surface area contributed by atoms with Gasteiger partial charge in [0, 0.05) is 5.69 Å². The minimum absolute atomic E-state index is 0.0369. The molecule has 98 valence electrons. The molecular weight excluding hydrogens is 287 g/mol. The van der Waals surface area contributed by atoms with Crippen LogP contribution >= 0.6 is 23.2 Å². The fourth-order valence-electron chi connectivity index (χ4n) is 1.51. The molecule has 4 nitrogen and oxygen atoms in total. The van der Waals surface area contributed by atoms with Gasteiger partial charge in [-0.3, -0.25) is 4.79 Å². The van der Waals surface area contributed by atoms with Crippen molar-refractivity contribution in [3.8, 4) is 5.75 Å². The maximum Gasteiger partial charge on any atom is 0.257 e. The molecule has 0 saturated carbocycles. The van der Waals surface area contributed by atoms with Crippen molar-refractivity contribution in [2.24, 2.45) is 0 Å². The summed E-state index contributed by atoms with van der Waals surface area (Å²) >= 11 is 11.7. The standard InChI is InChI=1S/C13H10Cl2N2O2/c14-10-4-2-8(18)6-9(10)13(19)17-7-1-3-11(15)12(16)5-7/h1-6,18H,16H2,(H,17,19). The van der Waals surface area contributed by atoms with Gasteiger partial charge in [0.05, 0.1) is 21.3 Å². The highest BCUT2D eigenvalue weighted by Gasteiger charge is 2.12. The molecule has 0 heterocycles. The minimum Gasteiger partial charge on any atom is -0.508 e. The molecule has 2 aromatic rings. The summed E-state index contributed by atoms with van der Waals surface area (Å²) in [6.45, 7) is 0. The van der Waals surface area contributed by atoms with E-state index in [-0.39, 0.29) is 16.3 Å². The number of carbonyl (C=O) groups excluding carboxylic acids is 1.